The van der Waals surface area contributed by atoms with E-state index in [1.807, 2.05) is 30.9 Å². The number of ether oxygens (including phenoxy) is 1. The number of likely N-dealkylation sites (N-methyl/N-ethyl adjacent to an activating group) is 1. The Bertz CT molecular complexity index is 948. The Hall–Kier alpha value is -2.06. The molecule has 4 atom stereocenters. The molecule has 3 fully saturated rings. The Morgan fingerprint density at radius 2 is 2.07 bits per heavy atom. The van der Waals surface area contributed by atoms with Gasteiger partial charge in [0.1, 0.15) is 5.60 Å². The van der Waals surface area contributed by atoms with Gasteiger partial charge in [-0.1, -0.05) is 12.2 Å². The van der Waals surface area contributed by atoms with Gasteiger partial charge in [-0.25, -0.2) is 4.98 Å². The minimum absolute atomic E-state index is 0.0423. The zero-order valence-corrected chi connectivity index (χ0v) is 18.4. The summed E-state index contributed by atoms with van der Waals surface area (Å²) >= 11 is 1.49. The first kappa shape index (κ1) is 19.9. The van der Waals surface area contributed by atoms with Crippen LogP contribution in [0.2, 0.25) is 0 Å². The maximum absolute atomic E-state index is 13.4. The van der Waals surface area contributed by atoms with Crippen molar-refractivity contribution in [1.29, 1.82) is 0 Å². The number of rotatable bonds is 4. The molecule has 0 aliphatic carbocycles. The van der Waals surface area contributed by atoms with E-state index in [4.69, 9.17) is 4.74 Å². The minimum Gasteiger partial charge on any atom is -0.360 e. The standard InChI is InChI=1S/C22H27N3O4S/c1-4-24-11-22-8-5-15(29-22)16(17(22)21(24)28)20(27)25-9-6-14(7-10-25)19-23-12(2)18(30-19)13(3)26/h5,8,14-17H,4,6-7,9-11H2,1-3H3/t15-,16+,17+,22-/m1/s1. The van der Waals surface area contributed by atoms with Crippen molar-refractivity contribution < 1.29 is 19.1 Å². The van der Waals surface area contributed by atoms with Crippen molar-refractivity contribution in [3.05, 3.63) is 27.7 Å². The number of ketones is 1. The van der Waals surface area contributed by atoms with Crippen LogP contribution in [0.15, 0.2) is 12.2 Å². The molecular formula is C22H27N3O4S. The van der Waals surface area contributed by atoms with Gasteiger partial charge in [-0.15, -0.1) is 11.3 Å². The zero-order valence-electron chi connectivity index (χ0n) is 17.6. The number of hydrogen-bond acceptors (Lipinski definition) is 6. The molecule has 7 nitrogen and oxygen atoms in total. The minimum atomic E-state index is -0.613. The fourth-order valence-corrected chi connectivity index (χ4v) is 6.74. The Morgan fingerprint density at radius 1 is 1.33 bits per heavy atom. The number of Topliss-reactive ketones (excluding diaryl/α,β-unsaturated/α-hetero) is 1. The molecule has 1 aromatic heterocycles. The normalized spacial score (nSPS) is 32.9. The van der Waals surface area contributed by atoms with E-state index in [0.29, 0.717) is 26.2 Å². The van der Waals surface area contributed by atoms with Gasteiger partial charge in [-0.3, -0.25) is 14.4 Å². The Balaban J connectivity index is 1.29. The van der Waals surface area contributed by atoms with Gasteiger partial charge in [-0.05, 0) is 26.7 Å². The van der Waals surface area contributed by atoms with Crippen LogP contribution < -0.4 is 0 Å². The summed E-state index contributed by atoms with van der Waals surface area (Å²) in [5, 5.41) is 1.000. The highest BCUT2D eigenvalue weighted by Gasteiger charge is 2.67. The molecule has 4 aliphatic rings. The van der Waals surface area contributed by atoms with E-state index in [9.17, 15) is 14.4 Å². The van der Waals surface area contributed by atoms with E-state index in [2.05, 4.69) is 4.98 Å². The van der Waals surface area contributed by atoms with E-state index >= 15 is 0 Å². The van der Waals surface area contributed by atoms with Gasteiger partial charge in [0.2, 0.25) is 11.8 Å². The monoisotopic (exact) mass is 429 g/mol. The van der Waals surface area contributed by atoms with Crippen molar-refractivity contribution in [2.45, 2.75) is 51.2 Å². The number of nitrogens with zero attached hydrogens (tertiary/aromatic N) is 3. The molecule has 1 aromatic rings. The maximum atomic E-state index is 13.4. The fourth-order valence-electron chi connectivity index (χ4n) is 5.60. The second-order valence-corrected chi connectivity index (χ2v) is 9.91. The summed E-state index contributed by atoms with van der Waals surface area (Å²) in [7, 11) is 0. The first-order valence-corrected chi connectivity index (χ1v) is 11.6. The summed E-state index contributed by atoms with van der Waals surface area (Å²) in [6.45, 7) is 7.91. The predicted molar refractivity (Wildman–Crippen MR) is 111 cm³/mol. The topological polar surface area (TPSA) is 79.8 Å². The number of aromatic nitrogens is 1. The molecule has 0 saturated carbocycles. The summed E-state index contributed by atoms with van der Waals surface area (Å²) in [6, 6.07) is 0. The van der Waals surface area contributed by atoms with Crippen LogP contribution in [0.4, 0.5) is 0 Å². The van der Waals surface area contributed by atoms with Crippen molar-refractivity contribution in [3.63, 3.8) is 0 Å². The average molecular weight is 430 g/mol. The van der Waals surface area contributed by atoms with Crippen LogP contribution >= 0.6 is 11.3 Å². The van der Waals surface area contributed by atoms with Gasteiger partial charge < -0.3 is 14.5 Å². The van der Waals surface area contributed by atoms with E-state index in [0.717, 1.165) is 28.4 Å². The van der Waals surface area contributed by atoms with Gasteiger partial charge >= 0.3 is 0 Å². The third kappa shape index (κ3) is 2.80. The number of carbonyl (C=O) groups excluding carboxylic acids is 3. The van der Waals surface area contributed by atoms with Crippen LogP contribution in [0, 0.1) is 18.8 Å². The SMILES string of the molecule is CCN1C[C@@]23C=C[C@@H](O2)[C@H](C(=O)N2CCC(c4nc(C)c(C(C)=O)s4)CC2)[C@H]3C1=O. The molecule has 5 heterocycles. The van der Waals surface area contributed by atoms with E-state index < -0.39 is 17.4 Å². The van der Waals surface area contributed by atoms with Crippen molar-refractivity contribution in [2.24, 2.45) is 11.8 Å². The summed E-state index contributed by atoms with van der Waals surface area (Å²) < 4.78 is 6.18. The molecule has 2 amide bonds. The lowest BCUT2D eigenvalue weighted by molar-refractivity contribution is -0.144. The lowest BCUT2D eigenvalue weighted by Crippen LogP contribution is -2.48. The van der Waals surface area contributed by atoms with Crippen LogP contribution in [0.3, 0.4) is 0 Å². The first-order chi connectivity index (χ1) is 14.3. The molecule has 5 rings (SSSR count). The van der Waals surface area contributed by atoms with Gasteiger partial charge in [0.25, 0.3) is 0 Å². The zero-order chi connectivity index (χ0) is 21.2. The average Bonchev–Trinajstić information content (AvgIpc) is 3.47. The highest BCUT2D eigenvalue weighted by atomic mass is 32.1. The van der Waals surface area contributed by atoms with Crippen molar-refractivity contribution in [1.82, 2.24) is 14.8 Å². The summed E-state index contributed by atoms with van der Waals surface area (Å²) in [6.07, 6.45) is 5.34. The number of hydrogen-bond donors (Lipinski definition) is 0. The quantitative estimate of drug-likeness (QED) is 0.541. The molecule has 8 heteroatoms. The number of aryl methyl sites for hydroxylation is 1. The first-order valence-electron chi connectivity index (χ1n) is 10.8. The van der Waals surface area contributed by atoms with Crippen LogP contribution in [-0.2, 0) is 14.3 Å². The molecule has 160 valence electrons. The van der Waals surface area contributed by atoms with Crippen LogP contribution in [0.5, 0.6) is 0 Å². The highest BCUT2D eigenvalue weighted by Crippen LogP contribution is 2.52. The number of amides is 2. The molecule has 1 spiro atoms. The third-order valence-corrected chi connectivity index (χ3v) is 8.56. The number of thiazole rings is 1. The molecule has 0 N–H and O–H groups in total. The third-order valence-electron chi connectivity index (χ3n) is 7.13. The highest BCUT2D eigenvalue weighted by molar-refractivity contribution is 7.13. The van der Waals surface area contributed by atoms with E-state index in [1.54, 1.807) is 11.8 Å². The number of fused-ring (bicyclic) bond motifs is 1. The largest absolute Gasteiger partial charge is 0.360 e. The van der Waals surface area contributed by atoms with Crippen molar-refractivity contribution in [2.75, 3.05) is 26.2 Å². The Morgan fingerprint density at radius 3 is 2.70 bits per heavy atom. The van der Waals surface area contributed by atoms with Crippen LogP contribution in [-0.4, -0.2) is 70.3 Å². The number of carbonyl (C=O) groups is 3. The Labute approximate surface area is 180 Å². The molecule has 0 unspecified atom stereocenters. The molecular weight excluding hydrogens is 402 g/mol. The van der Waals surface area contributed by atoms with Gasteiger partial charge in [0.15, 0.2) is 5.78 Å². The fraction of sp³-hybridized carbons (Fsp3) is 0.636. The lowest BCUT2D eigenvalue weighted by atomic mass is 9.76. The number of piperidine rings is 1. The van der Waals surface area contributed by atoms with Gasteiger partial charge in [0.05, 0.1) is 40.1 Å². The molecule has 2 bridgehead atoms. The Kier molecular flexibility index (Phi) is 4.63. The summed E-state index contributed by atoms with van der Waals surface area (Å²) in [4.78, 5) is 47.2. The smallest absolute Gasteiger partial charge is 0.230 e. The van der Waals surface area contributed by atoms with E-state index in [1.165, 1.54) is 11.3 Å². The van der Waals surface area contributed by atoms with Gasteiger partial charge in [-0.2, -0.15) is 0 Å². The molecule has 4 aliphatic heterocycles. The molecule has 0 aromatic carbocycles. The van der Waals surface area contributed by atoms with Crippen LogP contribution in [0.1, 0.15) is 53.0 Å². The maximum Gasteiger partial charge on any atom is 0.230 e. The summed E-state index contributed by atoms with van der Waals surface area (Å²) in [5.41, 5.74) is 0.190. The van der Waals surface area contributed by atoms with E-state index in [-0.39, 0.29) is 29.6 Å². The lowest BCUT2D eigenvalue weighted by Gasteiger charge is -2.35. The van der Waals surface area contributed by atoms with Crippen molar-refractivity contribution in [3.8, 4) is 0 Å². The second kappa shape index (κ2) is 6.99. The summed E-state index contributed by atoms with van der Waals surface area (Å²) in [5.74, 6) is -0.380. The van der Waals surface area contributed by atoms with Gasteiger partial charge in [0, 0.05) is 32.5 Å². The second-order valence-electron chi connectivity index (χ2n) is 8.87. The van der Waals surface area contributed by atoms with Crippen molar-refractivity contribution >= 4 is 28.9 Å². The van der Waals surface area contributed by atoms with Crippen LogP contribution in [0.25, 0.3) is 0 Å². The molecule has 30 heavy (non-hydrogen) atoms. The molecule has 0 radical (unpaired) electrons. The molecule has 3 saturated heterocycles. The number of likely N-dealkylation sites (tertiary alicyclic amines) is 2. The predicted octanol–water partition coefficient (Wildman–Crippen LogP) is 2.16.